The lowest BCUT2D eigenvalue weighted by Crippen LogP contribution is -2.17. The monoisotopic (exact) mass is 351 g/mol. The first-order chi connectivity index (χ1) is 11.4. The number of thiophene rings is 1. The fourth-order valence-corrected chi connectivity index (χ4v) is 4.71. The Balaban J connectivity index is 1.76. The average Bonchev–Trinajstić information content (AvgIpc) is 3.23. The van der Waals surface area contributed by atoms with Gasteiger partial charge in [-0.3, -0.25) is 0 Å². The van der Waals surface area contributed by atoms with Crippen LogP contribution in [0.1, 0.15) is 55.8 Å². The zero-order valence-electron chi connectivity index (χ0n) is 13.7. The highest BCUT2D eigenvalue weighted by Gasteiger charge is 2.23. The molecule has 126 valence electrons. The highest BCUT2D eigenvalue weighted by atomic mass is 32.2. The highest BCUT2D eigenvalue weighted by molar-refractivity contribution is 7.99. The summed E-state index contributed by atoms with van der Waals surface area (Å²) in [5, 5.41) is 12.2. The van der Waals surface area contributed by atoms with Gasteiger partial charge in [0.05, 0.1) is 6.61 Å². The molecular formula is C17H25N3OS2. The van der Waals surface area contributed by atoms with E-state index >= 15 is 0 Å². The maximum absolute atomic E-state index is 5.46. The number of rotatable bonds is 8. The van der Waals surface area contributed by atoms with E-state index in [9.17, 15) is 0 Å². The Morgan fingerprint density at radius 3 is 2.91 bits per heavy atom. The van der Waals surface area contributed by atoms with Crippen LogP contribution in [0, 0.1) is 0 Å². The van der Waals surface area contributed by atoms with Crippen molar-refractivity contribution in [2.75, 3.05) is 19.0 Å². The topological polar surface area (TPSA) is 39.9 Å². The van der Waals surface area contributed by atoms with Crippen LogP contribution >= 0.6 is 23.1 Å². The van der Waals surface area contributed by atoms with Gasteiger partial charge in [0.2, 0.25) is 0 Å². The molecule has 0 saturated heterocycles. The lowest BCUT2D eigenvalue weighted by Gasteiger charge is -2.25. The third-order valence-electron chi connectivity index (χ3n) is 4.25. The van der Waals surface area contributed by atoms with Gasteiger partial charge in [-0.15, -0.1) is 21.5 Å². The molecule has 3 rings (SSSR count). The minimum Gasteiger partial charge on any atom is -0.381 e. The molecule has 0 radical (unpaired) electrons. The highest BCUT2D eigenvalue weighted by Crippen LogP contribution is 2.33. The van der Waals surface area contributed by atoms with Crippen molar-refractivity contribution in [3.8, 4) is 0 Å². The van der Waals surface area contributed by atoms with Crippen molar-refractivity contribution in [3.63, 3.8) is 0 Å². The van der Waals surface area contributed by atoms with Gasteiger partial charge in [-0.1, -0.05) is 37.1 Å². The number of hydrogen-bond donors (Lipinski definition) is 0. The Morgan fingerprint density at radius 1 is 1.30 bits per heavy atom. The molecule has 0 unspecified atom stereocenters. The lowest BCUT2D eigenvalue weighted by atomic mass is 9.95. The molecular weight excluding hydrogens is 326 g/mol. The van der Waals surface area contributed by atoms with E-state index in [0.29, 0.717) is 6.04 Å². The SMILES string of the molecule is CCOCCSc1nnc(Cc2cccs2)n1C1CCCCC1. The molecule has 2 aromatic rings. The molecule has 0 aliphatic heterocycles. The Hall–Kier alpha value is -0.850. The van der Waals surface area contributed by atoms with Gasteiger partial charge in [-0.05, 0) is 31.2 Å². The van der Waals surface area contributed by atoms with Gasteiger partial charge in [0.25, 0.3) is 0 Å². The van der Waals surface area contributed by atoms with Crippen molar-refractivity contribution in [3.05, 3.63) is 28.2 Å². The zero-order chi connectivity index (χ0) is 15.9. The van der Waals surface area contributed by atoms with E-state index < -0.39 is 0 Å². The Bertz CT molecular complexity index is 577. The molecule has 0 aromatic carbocycles. The molecule has 23 heavy (non-hydrogen) atoms. The largest absolute Gasteiger partial charge is 0.381 e. The summed E-state index contributed by atoms with van der Waals surface area (Å²) in [5.41, 5.74) is 0. The summed E-state index contributed by atoms with van der Waals surface area (Å²) < 4.78 is 7.88. The summed E-state index contributed by atoms with van der Waals surface area (Å²) in [6, 6.07) is 4.87. The van der Waals surface area contributed by atoms with E-state index in [2.05, 4.69) is 32.3 Å². The summed E-state index contributed by atoms with van der Waals surface area (Å²) in [4.78, 5) is 1.36. The molecule has 1 aliphatic rings. The predicted molar refractivity (Wildman–Crippen MR) is 96.5 cm³/mol. The summed E-state index contributed by atoms with van der Waals surface area (Å²) in [6.07, 6.45) is 7.43. The third kappa shape index (κ3) is 4.58. The van der Waals surface area contributed by atoms with Crippen LogP contribution in [0.25, 0.3) is 0 Å². The van der Waals surface area contributed by atoms with Crippen LogP contribution in [0.2, 0.25) is 0 Å². The van der Waals surface area contributed by atoms with Gasteiger partial charge in [0.1, 0.15) is 5.82 Å². The number of aromatic nitrogens is 3. The minimum atomic E-state index is 0.573. The first kappa shape index (κ1) is 17.0. The maximum Gasteiger partial charge on any atom is 0.191 e. The third-order valence-corrected chi connectivity index (χ3v) is 6.03. The van der Waals surface area contributed by atoms with Crippen LogP contribution in [-0.2, 0) is 11.2 Å². The number of nitrogens with zero attached hydrogens (tertiary/aromatic N) is 3. The minimum absolute atomic E-state index is 0.573. The number of ether oxygens (including phenoxy) is 1. The first-order valence-electron chi connectivity index (χ1n) is 8.55. The van der Waals surface area contributed by atoms with Crippen molar-refractivity contribution in [2.45, 2.75) is 56.6 Å². The molecule has 2 aromatic heterocycles. The van der Waals surface area contributed by atoms with E-state index in [1.165, 1.54) is 37.0 Å². The van der Waals surface area contributed by atoms with E-state index in [1.54, 1.807) is 23.1 Å². The van der Waals surface area contributed by atoms with E-state index in [4.69, 9.17) is 4.74 Å². The van der Waals surface area contributed by atoms with E-state index in [1.807, 2.05) is 6.92 Å². The molecule has 0 atom stereocenters. The van der Waals surface area contributed by atoms with Crippen molar-refractivity contribution < 1.29 is 4.74 Å². The molecule has 0 spiro atoms. The molecule has 0 N–H and O–H groups in total. The van der Waals surface area contributed by atoms with Crippen LogP contribution in [0.3, 0.4) is 0 Å². The number of thioether (sulfide) groups is 1. The zero-order valence-corrected chi connectivity index (χ0v) is 15.4. The molecule has 4 nitrogen and oxygen atoms in total. The van der Waals surface area contributed by atoms with Crippen molar-refractivity contribution in [1.82, 2.24) is 14.8 Å². The van der Waals surface area contributed by atoms with Crippen LogP contribution < -0.4 is 0 Å². The summed E-state index contributed by atoms with van der Waals surface area (Å²) in [7, 11) is 0. The molecule has 6 heteroatoms. The van der Waals surface area contributed by atoms with Gasteiger partial charge in [0, 0.05) is 29.7 Å². The van der Waals surface area contributed by atoms with Crippen LogP contribution in [0.4, 0.5) is 0 Å². The van der Waals surface area contributed by atoms with Gasteiger partial charge in [-0.25, -0.2) is 0 Å². The van der Waals surface area contributed by atoms with Crippen molar-refractivity contribution in [1.29, 1.82) is 0 Å². The Morgan fingerprint density at radius 2 is 2.17 bits per heavy atom. The fraction of sp³-hybridized carbons (Fsp3) is 0.647. The number of hydrogen-bond acceptors (Lipinski definition) is 5. The molecule has 2 heterocycles. The van der Waals surface area contributed by atoms with E-state index in [0.717, 1.165) is 36.4 Å². The van der Waals surface area contributed by atoms with Gasteiger partial charge in [0.15, 0.2) is 5.16 Å². The summed E-state index contributed by atoms with van der Waals surface area (Å²) in [6.45, 7) is 3.59. The summed E-state index contributed by atoms with van der Waals surface area (Å²) in [5.74, 6) is 2.07. The van der Waals surface area contributed by atoms with Crippen LogP contribution in [0.5, 0.6) is 0 Å². The quantitative estimate of drug-likeness (QED) is 0.516. The van der Waals surface area contributed by atoms with Gasteiger partial charge < -0.3 is 9.30 Å². The molecule has 0 bridgehead atoms. The van der Waals surface area contributed by atoms with Crippen LogP contribution in [-0.4, -0.2) is 33.7 Å². The van der Waals surface area contributed by atoms with Gasteiger partial charge in [-0.2, -0.15) is 0 Å². The standard InChI is InChI=1S/C17H25N3OS2/c1-2-21-10-12-23-17-19-18-16(13-15-9-6-11-22-15)20(17)14-7-4-3-5-8-14/h6,9,11,14H,2-5,7-8,10,12-13H2,1H3. The predicted octanol–water partition coefficient (Wildman–Crippen LogP) is 4.56. The molecule has 1 fully saturated rings. The second-order valence-corrected chi connectivity index (χ2v) is 7.96. The maximum atomic E-state index is 5.46. The first-order valence-corrected chi connectivity index (χ1v) is 10.4. The smallest absolute Gasteiger partial charge is 0.191 e. The second kappa shape index (κ2) is 8.85. The second-order valence-electron chi connectivity index (χ2n) is 5.86. The van der Waals surface area contributed by atoms with Crippen molar-refractivity contribution in [2.24, 2.45) is 0 Å². The molecule has 0 amide bonds. The van der Waals surface area contributed by atoms with Gasteiger partial charge >= 0.3 is 0 Å². The fourth-order valence-electron chi connectivity index (χ4n) is 3.14. The van der Waals surface area contributed by atoms with Crippen LogP contribution in [0.15, 0.2) is 22.7 Å². The molecule has 1 saturated carbocycles. The molecule has 1 aliphatic carbocycles. The van der Waals surface area contributed by atoms with E-state index in [-0.39, 0.29) is 0 Å². The average molecular weight is 352 g/mol. The normalized spacial score (nSPS) is 16.0. The summed E-state index contributed by atoms with van der Waals surface area (Å²) >= 11 is 3.58. The Labute approximate surface area is 146 Å². The lowest BCUT2D eigenvalue weighted by molar-refractivity contribution is 0.164. The Kier molecular flexibility index (Phi) is 6.54. The van der Waals surface area contributed by atoms with Crippen molar-refractivity contribution >= 4 is 23.1 Å².